The molecule has 0 aromatic rings. The highest BCUT2D eigenvalue weighted by molar-refractivity contribution is 5.67. The third-order valence-electron chi connectivity index (χ3n) is 6.29. The highest BCUT2D eigenvalue weighted by Crippen LogP contribution is 2.43. The minimum absolute atomic E-state index is 0.0342. The fraction of sp³-hybridized carbons (Fsp3) is 0.875. The van der Waals surface area contributed by atoms with Crippen LogP contribution in [0, 0.1) is 0 Å². The Morgan fingerprint density at radius 1 is 0.811 bits per heavy atom. The number of rotatable bonds is 7. The molecule has 4 rings (SSSR count). The molecule has 4 saturated heterocycles. The van der Waals surface area contributed by atoms with Gasteiger partial charge in [-0.05, 0) is 27.7 Å². The number of ether oxygens (including phenoxy) is 10. The summed E-state index contributed by atoms with van der Waals surface area (Å²) in [5, 5.41) is 0. The molecule has 4 fully saturated rings. The van der Waals surface area contributed by atoms with Crippen LogP contribution in [0.1, 0.15) is 54.9 Å². The molecule has 0 bridgehead atoms. The summed E-state index contributed by atoms with van der Waals surface area (Å²) in [5.74, 6) is -3.44. The van der Waals surface area contributed by atoms with Gasteiger partial charge in [-0.15, -0.1) is 0 Å². The molecule has 0 unspecified atom stereocenters. The molecule has 13 heteroatoms. The fourth-order valence-electron chi connectivity index (χ4n) is 5.00. The molecule has 0 aromatic heterocycles. The van der Waals surface area contributed by atoms with E-state index in [1.807, 2.05) is 0 Å². The number of carbonyl (C=O) groups excluding carboxylic acids is 3. The third-order valence-corrected chi connectivity index (χ3v) is 6.29. The zero-order valence-corrected chi connectivity index (χ0v) is 22.1. The molecule has 0 aromatic carbocycles. The van der Waals surface area contributed by atoms with Gasteiger partial charge in [0.25, 0.3) is 0 Å². The molecule has 0 saturated carbocycles. The molecule has 0 amide bonds. The molecule has 0 N–H and O–H groups in total. The van der Waals surface area contributed by atoms with Gasteiger partial charge in [-0.1, -0.05) is 0 Å². The highest BCUT2D eigenvalue weighted by atomic mass is 16.9. The second-order valence-electron chi connectivity index (χ2n) is 10.4. The molecule has 37 heavy (non-hydrogen) atoms. The van der Waals surface area contributed by atoms with Crippen LogP contribution in [0.25, 0.3) is 0 Å². The van der Waals surface area contributed by atoms with Crippen LogP contribution in [0.3, 0.4) is 0 Å². The molecule has 4 heterocycles. The first-order valence-electron chi connectivity index (χ1n) is 12.3. The molecule has 0 aliphatic carbocycles. The zero-order valence-electron chi connectivity index (χ0n) is 22.1. The normalized spacial score (nSPS) is 40.1. The van der Waals surface area contributed by atoms with Crippen LogP contribution in [-0.4, -0.2) is 98.0 Å². The van der Waals surface area contributed by atoms with Crippen LogP contribution in [0.4, 0.5) is 0 Å². The SMILES string of the molecule is CC(=O)OC[C@H]1O[C@H](O[C@H]2[C@H]([C@H]3COC(C)(C)O3)O[C@@H]3OC(C)(C)O[C@@H]32)C[C@@H](OC(C)=O)[C@@H]1OC(C)=O. The van der Waals surface area contributed by atoms with Gasteiger partial charge in [0.1, 0.15) is 43.2 Å². The van der Waals surface area contributed by atoms with E-state index >= 15 is 0 Å². The first-order chi connectivity index (χ1) is 17.2. The van der Waals surface area contributed by atoms with E-state index in [2.05, 4.69) is 0 Å². The van der Waals surface area contributed by atoms with Crippen LogP contribution in [-0.2, 0) is 61.8 Å². The summed E-state index contributed by atoms with van der Waals surface area (Å²) in [6.07, 6.45) is -6.95. The zero-order chi connectivity index (χ0) is 27.1. The molecule has 0 spiro atoms. The van der Waals surface area contributed by atoms with Crippen molar-refractivity contribution in [3.63, 3.8) is 0 Å². The van der Waals surface area contributed by atoms with E-state index in [9.17, 15) is 14.4 Å². The second-order valence-corrected chi connectivity index (χ2v) is 10.4. The van der Waals surface area contributed by atoms with Gasteiger partial charge in [0.15, 0.2) is 30.3 Å². The van der Waals surface area contributed by atoms with E-state index in [4.69, 9.17) is 47.4 Å². The van der Waals surface area contributed by atoms with E-state index in [1.165, 1.54) is 20.8 Å². The molecule has 0 radical (unpaired) electrons. The number of fused-ring (bicyclic) bond motifs is 1. The Morgan fingerprint density at radius 2 is 1.51 bits per heavy atom. The van der Waals surface area contributed by atoms with Crippen LogP contribution in [0.15, 0.2) is 0 Å². The largest absolute Gasteiger partial charge is 0.463 e. The van der Waals surface area contributed by atoms with E-state index < -0.39 is 84.8 Å². The molecule has 9 atom stereocenters. The van der Waals surface area contributed by atoms with Gasteiger partial charge in [0.2, 0.25) is 0 Å². The maximum atomic E-state index is 11.9. The Hall–Kier alpha value is -1.87. The van der Waals surface area contributed by atoms with Crippen molar-refractivity contribution < 1.29 is 61.8 Å². The average Bonchev–Trinajstić information content (AvgIpc) is 3.37. The van der Waals surface area contributed by atoms with Crippen molar-refractivity contribution in [3.05, 3.63) is 0 Å². The van der Waals surface area contributed by atoms with Crippen LogP contribution < -0.4 is 0 Å². The quantitative estimate of drug-likeness (QED) is 0.339. The van der Waals surface area contributed by atoms with E-state index in [-0.39, 0.29) is 19.6 Å². The average molecular weight is 533 g/mol. The number of hydrogen-bond donors (Lipinski definition) is 0. The van der Waals surface area contributed by atoms with Crippen molar-refractivity contribution in [2.45, 2.75) is 122 Å². The summed E-state index contributed by atoms with van der Waals surface area (Å²) in [5.41, 5.74) is 0. The monoisotopic (exact) mass is 532 g/mol. The van der Waals surface area contributed by atoms with Crippen LogP contribution in [0.2, 0.25) is 0 Å². The van der Waals surface area contributed by atoms with E-state index in [0.29, 0.717) is 0 Å². The van der Waals surface area contributed by atoms with Crippen molar-refractivity contribution in [2.75, 3.05) is 13.2 Å². The van der Waals surface area contributed by atoms with Crippen molar-refractivity contribution in [3.8, 4) is 0 Å². The Balaban J connectivity index is 1.56. The summed E-state index contributed by atoms with van der Waals surface area (Å²) in [6, 6.07) is 0. The highest BCUT2D eigenvalue weighted by Gasteiger charge is 2.60. The summed E-state index contributed by atoms with van der Waals surface area (Å²) >= 11 is 0. The molecular formula is C24H36O13. The lowest BCUT2D eigenvalue weighted by atomic mass is 10.0. The summed E-state index contributed by atoms with van der Waals surface area (Å²) in [4.78, 5) is 35.1. The third kappa shape index (κ3) is 6.77. The Bertz CT molecular complexity index is 873. The smallest absolute Gasteiger partial charge is 0.303 e. The van der Waals surface area contributed by atoms with Gasteiger partial charge < -0.3 is 47.4 Å². The van der Waals surface area contributed by atoms with Gasteiger partial charge in [0.05, 0.1) is 6.61 Å². The van der Waals surface area contributed by atoms with E-state index in [0.717, 1.165) is 0 Å². The fourth-order valence-corrected chi connectivity index (χ4v) is 5.00. The lowest BCUT2D eigenvalue weighted by Gasteiger charge is -2.41. The summed E-state index contributed by atoms with van der Waals surface area (Å²) in [6.45, 7) is 10.9. The van der Waals surface area contributed by atoms with Gasteiger partial charge >= 0.3 is 17.9 Å². The first-order valence-corrected chi connectivity index (χ1v) is 12.3. The Kier molecular flexibility index (Phi) is 8.15. The maximum absolute atomic E-state index is 11.9. The van der Waals surface area contributed by atoms with Gasteiger partial charge in [0, 0.05) is 27.2 Å². The van der Waals surface area contributed by atoms with Gasteiger partial charge in [-0.3, -0.25) is 14.4 Å². The molecule has 210 valence electrons. The van der Waals surface area contributed by atoms with Crippen molar-refractivity contribution >= 4 is 17.9 Å². The second kappa shape index (κ2) is 10.7. The van der Waals surface area contributed by atoms with Gasteiger partial charge in [-0.25, -0.2) is 0 Å². The lowest BCUT2D eigenvalue weighted by Crippen LogP contribution is -2.56. The summed E-state index contributed by atoms with van der Waals surface area (Å²) < 4.78 is 58.4. The molecule has 4 aliphatic heterocycles. The lowest BCUT2D eigenvalue weighted by molar-refractivity contribution is -0.296. The van der Waals surface area contributed by atoms with Crippen LogP contribution in [0.5, 0.6) is 0 Å². The standard InChI is InChI=1S/C24H36O13/c1-11(25)28-9-15-18(31-13(3)27)14(30-12(2)26)8-17(32-15)33-20-19(16-10-29-23(4,5)35-16)34-22-21(20)36-24(6,7)37-22/h14-22H,8-10H2,1-7H3/t14-,15-,16-,17-,18+,19+,20+,21-,22-/m1/s1. The van der Waals surface area contributed by atoms with Crippen molar-refractivity contribution in [1.82, 2.24) is 0 Å². The Labute approximate surface area is 215 Å². The number of esters is 3. The topological polar surface area (TPSA) is 144 Å². The van der Waals surface area contributed by atoms with Gasteiger partial charge in [-0.2, -0.15) is 0 Å². The predicted molar refractivity (Wildman–Crippen MR) is 119 cm³/mol. The van der Waals surface area contributed by atoms with Crippen molar-refractivity contribution in [1.29, 1.82) is 0 Å². The molecule has 13 nitrogen and oxygen atoms in total. The Morgan fingerprint density at radius 3 is 2.11 bits per heavy atom. The van der Waals surface area contributed by atoms with E-state index in [1.54, 1.807) is 27.7 Å². The summed E-state index contributed by atoms with van der Waals surface area (Å²) in [7, 11) is 0. The first kappa shape index (κ1) is 28.1. The predicted octanol–water partition coefficient (Wildman–Crippen LogP) is 0.941. The minimum atomic E-state index is -1.01. The maximum Gasteiger partial charge on any atom is 0.303 e. The van der Waals surface area contributed by atoms with Crippen molar-refractivity contribution in [2.24, 2.45) is 0 Å². The molecule has 4 aliphatic rings. The minimum Gasteiger partial charge on any atom is -0.463 e. The molecular weight excluding hydrogens is 496 g/mol. The van der Waals surface area contributed by atoms with Crippen LogP contribution >= 0.6 is 0 Å². The number of hydrogen-bond acceptors (Lipinski definition) is 13. The number of carbonyl (C=O) groups is 3.